The molecule has 4 rings (SSSR count). The molecule has 4 aromatic rings. The zero-order valence-electron chi connectivity index (χ0n) is 19.6. The first-order chi connectivity index (χ1) is 17.7. The lowest BCUT2D eigenvalue weighted by molar-refractivity contribution is -0.137. The fraction of sp³-hybridized carbons (Fsp3) is 0.192. The third-order valence-corrected chi connectivity index (χ3v) is 6.47. The van der Waals surface area contributed by atoms with Crippen LogP contribution in [0.1, 0.15) is 23.9 Å². The molecule has 0 aliphatic carbocycles. The predicted octanol–water partition coefficient (Wildman–Crippen LogP) is 6.66. The minimum atomic E-state index is -4.55. The summed E-state index contributed by atoms with van der Waals surface area (Å²) in [6.07, 6.45) is -4.05. The van der Waals surface area contributed by atoms with Crippen molar-refractivity contribution in [1.82, 2.24) is 14.8 Å². The fourth-order valence-electron chi connectivity index (χ4n) is 3.52. The van der Waals surface area contributed by atoms with Gasteiger partial charge in [0.25, 0.3) is 0 Å². The molecule has 11 heteroatoms. The average molecular weight is 547 g/mol. The van der Waals surface area contributed by atoms with E-state index in [1.807, 2.05) is 66.1 Å². The van der Waals surface area contributed by atoms with Gasteiger partial charge < -0.3 is 10.1 Å². The molecule has 1 N–H and O–H groups in total. The van der Waals surface area contributed by atoms with E-state index in [0.29, 0.717) is 24.0 Å². The van der Waals surface area contributed by atoms with Gasteiger partial charge in [-0.25, -0.2) is 0 Å². The van der Waals surface area contributed by atoms with Crippen LogP contribution in [0.25, 0.3) is 5.69 Å². The molecular weight excluding hydrogens is 525 g/mol. The van der Waals surface area contributed by atoms with Crippen molar-refractivity contribution in [3.05, 3.63) is 94.8 Å². The molecule has 6 nitrogen and oxygen atoms in total. The minimum Gasteiger partial charge on any atom is -0.494 e. The Kier molecular flexibility index (Phi) is 8.40. The van der Waals surface area contributed by atoms with E-state index in [2.05, 4.69) is 15.5 Å². The SMILES string of the molecule is CCOc1ccc(-n2c(Cc3ccccc3)nnc2SCC(=O)Nc2cc(C(F)(F)F)ccc2Cl)cc1. The van der Waals surface area contributed by atoms with Gasteiger partial charge in [-0.3, -0.25) is 9.36 Å². The van der Waals surface area contributed by atoms with Gasteiger partial charge in [-0.1, -0.05) is 53.7 Å². The maximum atomic E-state index is 13.1. The molecular formula is C26H22ClF3N4O2S. The van der Waals surface area contributed by atoms with Crippen LogP contribution in [0, 0.1) is 0 Å². The summed E-state index contributed by atoms with van der Waals surface area (Å²) in [5.41, 5.74) is 0.805. The minimum absolute atomic E-state index is 0.00838. The summed E-state index contributed by atoms with van der Waals surface area (Å²) in [6, 6.07) is 20.0. The van der Waals surface area contributed by atoms with Crippen LogP contribution in [-0.4, -0.2) is 33.0 Å². The van der Waals surface area contributed by atoms with E-state index < -0.39 is 17.6 Å². The molecule has 0 unspecified atom stereocenters. The highest BCUT2D eigenvalue weighted by molar-refractivity contribution is 7.99. The number of nitrogens with one attached hydrogen (secondary N) is 1. The van der Waals surface area contributed by atoms with Gasteiger partial charge in [0, 0.05) is 12.1 Å². The Labute approximate surface area is 220 Å². The number of alkyl halides is 3. The standard InChI is InChI=1S/C26H22ClF3N4O2S/c1-2-36-20-11-9-19(10-12-20)34-23(14-17-6-4-3-5-7-17)32-33-25(34)37-16-24(35)31-22-15-18(26(28,29)30)8-13-21(22)27/h3-13,15H,2,14,16H2,1H3,(H,31,35). The summed E-state index contributed by atoms with van der Waals surface area (Å²) in [6.45, 7) is 2.44. The molecule has 0 aliphatic rings. The van der Waals surface area contributed by atoms with Gasteiger partial charge in [-0.05, 0) is 55.0 Å². The van der Waals surface area contributed by atoms with Gasteiger partial charge in [-0.2, -0.15) is 13.2 Å². The Morgan fingerprint density at radius 1 is 1.05 bits per heavy atom. The summed E-state index contributed by atoms with van der Waals surface area (Å²) in [5, 5.41) is 11.5. The third-order valence-electron chi connectivity index (χ3n) is 5.21. The predicted molar refractivity (Wildman–Crippen MR) is 138 cm³/mol. The molecule has 1 heterocycles. The number of carbonyl (C=O) groups is 1. The zero-order chi connectivity index (χ0) is 26.4. The van der Waals surface area contributed by atoms with Gasteiger partial charge in [0.05, 0.1) is 28.6 Å². The molecule has 1 amide bonds. The molecule has 3 aromatic carbocycles. The number of anilines is 1. The molecule has 1 aromatic heterocycles. The number of nitrogens with zero attached hydrogens (tertiary/aromatic N) is 3. The van der Waals surface area contributed by atoms with Crippen LogP contribution in [0.5, 0.6) is 5.75 Å². The maximum Gasteiger partial charge on any atom is 0.416 e. The van der Waals surface area contributed by atoms with E-state index in [9.17, 15) is 18.0 Å². The number of rotatable bonds is 9. The van der Waals surface area contributed by atoms with Crippen LogP contribution >= 0.6 is 23.4 Å². The van der Waals surface area contributed by atoms with Crippen LogP contribution in [0.3, 0.4) is 0 Å². The third kappa shape index (κ3) is 6.84. The topological polar surface area (TPSA) is 69.0 Å². The monoisotopic (exact) mass is 546 g/mol. The molecule has 0 radical (unpaired) electrons. The second-order valence-corrected chi connectivity index (χ2v) is 9.20. The average Bonchev–Trinajstić information content (AvgIpc) is 3.27. The smallest absolute Gasteiger partial charge is 0.416 e. The van der Waals surface area contributed by atoms with E-state index in [1.54, 1.807) is 0 Å². The molecule has 0 bridgehead atoms. The summed E-state index contributed by atoms with van der Waals surface area (Å²) >= 11 is 7.11. The van der Waals surface area contributed by atoms with Gasteiger partial charge in [-0.15, -0.1) is 10.2 Å². The molecule has 37 heavy (non-hydrogen) atoms. The lowest BCUT2D eigenvalue weighted by Crippen LogP contribution is -2.16. The van der Waals surface area contributed by atoms with Crippen molar-refractivity contribution in [3.63, 3.8) is 0 Å². The lowest BCUT2D eigenvalue weighted by Gasteiger charge is -2.13. The van der Waals surface area contributed by atoms with Crippen molar-refractivity contribution < 1.29 is 22.7 Å². The van der Waals surface area contributed by atoms with E-state index in [4.69, 9.17) is 16.3 Å². The summed E-state index contributed by atoms with van der Waals surface area (Å²) < 4.78 is 46.5. The van der Waals surface area contributed by atoms with E-state index in [1.165, 1.54) is 0 Å². The summed E-state index contributed by atoms with van der Waals surface area (Å²) in [4.78, 5) is 12.6. The number of thioether (sulfide) groups is 1. The Morgan fingerprint density at radius 3 is 2.46 bits per heavy atom. The number of aromatic nitrogens is 3. The van der Waals surface area contributed by atoms with Gasteiger partial charge in [0.2, 0.25) is 5.91 Å². The van der Waals surface area contributed by atoms with Crippen LogP contribution < -0.4 is 10.1 Å². The first-order valence-electron chi connectivity index (χ1n) is 11.3. The number of halogens is 4. The van der Waals surface area contributed by atoms with E-state index in [-0.39, 0.29) is 16.5 Å². The summed E-state index contributed by atoms with van der Waals surface area (Å²) in [5.74, 6) is 0.735. The van der Waals surface area contributed by atoms with E-state index in [0.717, 1.165) is 47.0 Å². The molecule has 0 spiro atoms. The Balaban J connectivity index is 1.55. The number of benzene rings is 3. The summed E-state index contributed by atoms with van der Waals surface area (Å²) in [7, 11) is 0. The Morgan fingerprint density at radius 2 is 1.78 bits per heavy atom. The quantitative estimate of drug-likeness (QED) is 0.238. The van der Waals surface area contributed by atoms with Gasteiger partial charge in [0.15, 0.2) is 5.16 Å². The molecule has 0 fully saturated rings. The highest BCUT2D eigenvalue weighted by atomic mass is 35.5. The van der Waals surface area contributed by atoms with Crippen molar-refractivity contribution in [3.8, 4) is 11.4 Å². The van der Waals surface area contributed by atoms with Crippen molar-refractivity contribution >= 4 is 35.0 Å². The molecule has 0 saturated carbocycles. The van der Waals surface area contributed by atoms with Crippen LogP contribution in [0.15, 0.2) is 78.0 Å². The number of hydrogen-bond acceptors (Lipinski definition) is 5. The Hall–Kier alpha value is -3.50. The number of ether oxygens (including phenoxy) is 1. The second kappa shape index (κ2) is 11.7. The molecule has 0 atom stereocenters. The second-order valence-electron chi connectivity index (χ2n) is 7.85. The first-order valence-corrected chi connectivity index (χ1v) is 12.6. The normalized spacial score (nSPS) is 11.4. The fourth-order valence-corrected chi connectivity index (χ4v) is 4.45. The van der Waals surface area contributed by atoms with Crippen LogP contribution in [-0.2, 0) is 17.4 Å². The van der Waals surface area contributed by atoms with Crippen LogP contribution in [0.4, 0.5) is 18.9 Å². The van der Waals surface area contributed by atoms with E-state index >= 15 is 0 Å². The van der Waals surface area contributed by atoms with Crippen LogP contribution in [0.2, 0.25) is 5.02 Å². The zero-order valence-corrected chi connectivity index (χ0v) is 21.2. The van der Waals surface area contributed by atoms with Gasteiger partial charge in [0.1, 0.15) is 11.6 Å². The molecule has 0 aliphatic heterocycles. The lowest BCUT2D eigenvalue weighted by atomic mass is 10.1. The Bertz CT molecular complexity index is 1360. The maximum absolute atomic E-state index is 13.1. The molecule has 192 valence electrons. The number of amides is 1. The number of carbonyl (C=O) groups excluding carboxylic acids is 1. The first kappa shape index (κ1) is 26.6. The number of hydrogen-bond donors (Lipinski definition) is 1. The highest BCUT2D eigenvalue weighted by Crippen LogP contribution is 2.34. The molecule has 0 saturated heterocycles. The van der Waals surface area contributed by atoms with Crippen molar-refractivity contribution in [2.75, 3.05) is 17.7 Å². The largest absolute Gasteiger partial charge is 0.494 e. The van der Waals surface area contributed by atoms with Gasteiger partial charge >= 0.3 is 6.18 Å². The van der Waals surface area contributed by atoms with Crippen molar-refractivity contribution in [2.24, 2.45) is 0 Å². The van der Waals surface area contributed by atoms with Crippen molar-refractivity contribution in [2.45, 2.75) is 24.7 Å². The highest BCUT2D eigenvalue weighted by Gasteiger charge is 2.31. The van der Waals surface area contributed by atoms with Crippen molar-refractivity contribution in [1.29, 1.82) is 0 Å².